The number of aromatic nitrogens is 2. The minimum atomic E-state index is 0.156. The molecule has 2 aliphatic heterocycles. The highest BCUT2D eigenvalue weighted by Gasteiger charge is 2.25. The maximum Gasteiger partial charge on any atom is 0.231 e. The number of nitrogens with zero attached hydrogens (tertiary/aromatic N) is 4. The lowest BCUT2D eigenvalue weighted by molar-refractivity contribution is -0.117. The number of hydrogen-bond acceptors (Lipinski definition) is 4. The SMILES string of the molecule is O=C1CCCN1c1ccnc(N2CCCc3ccccc32)n1. The molecule has 1 aromatic heterocycles. The van der Waals surface area contributed by atoms with Gasteiger partial charge in [0.25, 0.3) is 0 Å². The molecule has 0 atom stereocenters. The summed E-state index contributed by atoms with van der Waals surface area (Å²) in [6.07, 6.45) is 5.46. The molecule has 1 aromatic carbocycles. The van der Waals surface area contributed by atoms with Crippen LogP contribution in [0.2, 0.25) is 0 Å². The summed E-state index contributed by atoms with van der Waals surface area (Å²) in [6.45, 7) is 1.67. The Morgan fingerprint density at radius 1 is 0.955 bits per heavy atom. The summed E-state index contributed by atoms with van der Waals surface area (Å²) in [6, 6.07) is 10.2. The fourth-order valence-electron chi connectivity index (χ4n) is 3.25. The number of para-hydroxylation sites is 1. The van der Waals surface area contributed by atoms with Crippen molar-refractivity contribution in [2.24, 2.45) is 0 Å². The minimum Gasteiger partial charge on any atom is -0.310 e. The van der Waals surface area contributed by atoms with Crippen LogP contribution in [0.5, 0.6) is 0 Å². The summed E-state index contributed by atoms with van der Waals surface area (Å²) in [4.78, 5) is 24.9. The van der Waals surface area contributed by atoms with Crippen LogP contribution in [0.4, 0.5) is 17.5 Å². The zero-order chi connectivity index (χ0) is 14.9. The van der Waals surface area contributed by atoms with E-state index in [2.05, 4.69) is 33.1 Å². The van der Waals surface area contributed by atoms with Gasteiger partial charge in [0.15, 0.2) is 0 Å². The topological polar surface area (TPSA) is 49.3 Å². The lowest BCUT2D eigenvalue weighted by atomic mass is 10.0. The van der Waals surface area contributed by atoms with Gasteiger partial charge in [-0.3, -0.25) is 9.69 Å². The molecule has 0 unspecified atom stereocenters. The first-order valence-electron chi connectivity index (χ1n) is 7.82. The van der Waals surface area contributed by atoms with E-state index in [1.165, 1.54) is 11.3 Å². The molecule has 1 amide bonds. The third-order valence-corrected chi connectivity index (χ3v) is 4.33. The average molecular weight is 294 g/mol. The summed E-state index contributed by atoms with van der Waals surface area (Å²) in [5.41, 5.74) is 2.51. The van der Waals surface area contributed by atoms with E-state index in [4.69, 9.17) is 0 Å². The molecular formula is C17H18N4O. The molecule has 112 valence electrons. The Bertz CT molecular complexity index is 715. The summed E-state index contributed by atoms with van der Waals surface area (Å²) >= 11 is 0. The van der Waals surface area contributed by atoms with Crippen LogP contribution in [-0.4, -0.2) is 29.0 Å². The maximum atomic E-state index is 11.9. The fourth-order valence-corrected chi connectivity index (χ4v) is 3.25. The molecule has 22 heavy (non-hydrogen) atoms. The average Bonchev–Trinajstić information content (AvgIpc) is 3.00. The monoisotopic (exact) mass is 294 g/mol. The van der Waals surface area contributed by atoms with Crippen molar-refractivity contribution < 1.29 is 4.79 Å². The van der Waals surface area contributed by atoms with E-state index < -0.39 is 0 Å². The highest BCUT2D eigenvalue weighted by Crippen LogP contribution is 2.32. The number of amides is 1. The number of rotatable bonds is 2. The highest BCUT2D eigenvalue weighted by molar-refractivity contribution is 5.94. The number of benzene rings is 1. The summed E-state index contributed by atoms with van der Waals surface area (Å²) in [7, 11) is 0. The summed E-state index contributed by atoms with van der Waals surface area (Å²) < 4.78 is 0. The van der Waals surface area contributed by atoms with Crippen LogP contribution < -0.4 is 9.80 Å². The standard InChI is InChI=1S/C17H18N4O/c22-16-8-4-12-21(16)15-9-10-18-17(19-15)20-11-3-6-13-5-1-2-7-14(13)20/h1-2,5,7,9-10H,3-4,6,8,11-12H2. The second-order valence-corrected chi connectivity index (χ2v) is 5.75. The van der Waals surface area contributed by atoms with E-state index in [-0.39, 0.29) is 5.91 Å². The Labute approximate surface area is 129 Å². The molecule has 2 aromatic rings. The molecule has 0 saturated carbocycles. The Kier molecular flexibility index (Phi) is 3.25. The molecule has 0 bridgehead atoms. The first-order valence-corrected chi connectivity index (χ1v) is 7.82. The number of fused-ring (bicyclic) bond motifs is 1. The molecule has 0 aliphatic carbocycles. The van der Waals surface area contributed by atoms with Gasteiger partial charge in [-0.15, -0.1) is 0 Å². The van der Waals surface area contributed by atoms with Gasteiger partial charge in [-0.1, -0.05) is 18.2 Å². The van der Waals surface area contributed by atoms with Crippen LogP contribution >= 0.6 is 0 Å². The van der Waals surface area contributed by atoms with Crippen molar-refractivity contribution in [3.05, 3.63) is 42.1 Å². The molecule has 2 aliphatic rings. The summed E-state index contributed by atoms with van der Waals surface area (Å²) in [5.74, 6) is 1.56. The molecule has 1 fully saturated rings. The van der Waals surface area contributed by atoms with Crippen LogP contribution in [0.15, 0.2) is 36.5 Å². The smallest absolute Gasteiger partial charge is 0.231 e. The van der Waals surface area contributed by atoms with Crippen molar-refractivity contribution in [2.75, 3.05) is 22.9 Å². The predicted molar refractivity (Wildman–Crippen MR) is 85.4 cm³/mol. The number of carbonyl (C=O) groups excluding carboxylic acids is 1. The van der Waals surface area contributed by atoms with Crippen molar-refractivity contribution >= 4 is 23.4 Å². The lowest BCUT2D eigenvalue weighted by Crippen LogP contribution is -2.28. The fraction of sp³-hybridized carbons (Fsp3) is 0.353. The quantitative estimate of drug-likeness (QED) is 0.854. The summed E-state index contributed by atoms with van der Waals surface area (Å²) in [5, 5.41) is 0. The zero-order valence-corrected chi connectivity index (χ0v) is 12.4. The van der Waals surface area contributed by atoms with Gasteiger partial charge in [-0.25, -0.2) is 4.98 Å². The molecule has 4 rings (SSSR count). The number of hydrogen-bond donors (Lipinski definition) is 0. The van der Waals surface area contributed by atoms with Crippen LogP contribution in [0, 0.1) is 0 Å². The first kappa shape index (κ1) is 13.2. The lowest BCUT2D eigenvalue weighted by Gasteiger charge is -2.29. The van der Waals surface area contributed by atoms with Gasteiger partial charge in [0.1, 0.15) is 5.82 Å². The van der Waals surface area contributed by atoms with E-state index in [0.29, 0.717) is 12.4 Å². The van der Waals surface area contributed by atoms with Gasteiger partial charge in [0, 0.05) is 31.4 Å². The van der Waals surface area contributed by atoms with Crippen molar-refractivity contribution in [3.8, 4) is 0 Å². The van der Waals surface area contributed by atoms with Crippen LogP contribution in [0.1, 0.15) is 24.8 Å². The van der Waals surface area contributed by atoms with Crippen molar-refractivity contribution in [3.63, 3.8) is 0 Å². The maximum absolute atomic E-state index is 11.9. The first-order chi connectivity index (χ1) is 10.8. The van der Waals surface area contributed by atoms with E-state index in [1.807, 2.05) is 12.1 Å². The zero-order valence-electron chi connectivity index (χ0n) is 12.4. The Hall–Kier alpha value is -2.43. The van der Waals surface area contributed by atoms with Gasteiger partial charge in [0.05, 0.1) is 0 Å². The molecular weight excluding hydrogens is 276 g/mol. The normalized spacial score (nSPS) is 17.7. The molecule has 1 saturated heterocycles. The number of anilines is 3. The van der Waals surface area contributed by atoms with Crippen molar-refractivity contribution in [2.45, 2.75) is 25.7 Å². The molecule has 0 spiro atoms. The Morgan fingerprint density at radius 2 is 1.77 bits per heavy atom. The van der Waals surface area contributed by atoms with Crippen molar-refractivity contribution in [1.82, 2.24) is 9.97 Å². The van der Waals surface area contributed by atoms with E-state index in [1.54, 1.807) is 11.1 Å². The van der Waals surface area contributed by atoms with Crippen LogP contribution in [-0.2, 0) is 11.2 Å². The molecule has 3 heterocycles. The second kappa shape index (κ2) is 5.40. The highest BCUT2D eigenvalue weighted by atomic mass is 16.2. The van der Waals surface area contributed by atoms with Gasteiger partial charge in [-0.2, -0.15) is 4.98 Å². The second-order valence-electron chi connectivity index (χ2n) is 5.75. The van der Waals surface area contributed by atoms with Gasteiger partial charge in [-0.05, 0) is 37.0 Å². The van der Waals surface area contributed by atoms with Gasteiger partial charge >= 0.3 is 0 Å². The van der Waals surface area contributed by atoms with E-state index in [0.717, 1.165) is 38.2 Å². The van der Waals surface area contributed by atoms with Gasteiger partial charge < -0.3 is 4.90 Å². The third kappa shape index (κ3) is 2.22. The predicted octanol–water partition coefficient (Wildman–Crippen LogP) is 2.69. The number of carbonyl (C=O) groups is 1. The minimum absolute atomic E-state index is 0.156. The largest absolute Gasteiger partial charge is 0.310 e. The van der Waals surface area contributed by atoms with Gasteiger partial charge in [0.2, 0.25) is 11.9 Å². The third-order valence-electron chi connectivity index (χ3n) is 4.33. The molecule has 0 radical (unpaired) electrons. The Morgan fingerprint density at radius 3 is 2.64 bits per heavy atom. The van der Waals surface area contributed by atoms with Crippen LogP contribution in [0.25, 0.3) is 0 Å². The molecule has 5 heteroatoms. The van der Waals surface area contributed by atoms with Crippen molar-refractivity contribution in [1.29, 1.82) is 0 Å². The van der Waals surface area contributed by atoms with Crippen LogP contribution in [0.3, 0.4) is 0 Å². The Balaban J connectivity index is 1.71. The van der Waals surface area contributed by atoms with E-state index >= 15 is 0 Å². The van der Waals surface area contributed by atoms with E-state index in [9.17, 15) is 4.79 Å². The number of aryl methyl sites for hydroxylation is 1. The molecule has 0 N–H and O–H groups in total. The molecule has 5 nitrogen and oxygen atoms in total.